The molecule has 2 aromatic heterocycles. The van der Waals surface area contributed by atoms with Gasteiger partial charge in [-0.05, 0) is 32.0 Å². The molecule has 1 aliphatic rings. The molecule has 3 heterocycles. The minimum atomic E-state index is -4.94. The van der Waals surface area contributed by atoms with Crippen molar-refractivity contribution in [2.24, 2.45) is 0 Å². The number of imidazole rings is 1. The Bertz CT molecular complexity index is 1290. The van der Waals surface area contributed by atoms with Gasteiger partial charge in [0.05, 0.1) is 53.6 Å². The summed E-state index contributed by atoms with van der Waals surface area (Å²) in [5.74, 6) is -2.05. The van der Waals surface area contributed by atoms with Gasteiger partial charge in [0, 0.05) is 12.1 Å². The molecular weight excluding hydrogens is 454 g/mol. The van der Waals surface area contributed by atoms with Gasteiger partial charge >= 0.3 is 6.18 Å². The van der Waals surface area contributed by atoms with E-state index in [1.54, 1.807) is 31.2 Å². The number of carbonyl (C=O) groups is 1. The van der Waals surface area contributed by atoms with Gasteiger partial charge in [0.25, 0.3) is 5.91 Å². The molecule has 176 valence electrons. The molecule has 1 unspecified atom stereocenters. The Morgan fingerprint density at radius 1 is 1.21 bits per heavy atom. The van der Waals surface area contributed by atoms with Gasteiger partial charge in [-0.15, -0.1) is 0 Å². The first-order chi connectivity index (χ1) is 15.9. The molecule has 11 heteroatoms. The Morgan fingerprint density at radius 2 is 1.88 bits per heavy atom. The Labute approximate surface area is 191 Å². The summed E-state index contributed by atoms with van der Waals surface area (Å²) in [5, 5.41) is 19.0. The first kappa shape index (κ1) is 23.4. The number of hydrogen-bond acceptors (Lipinski definition) is 5. The zero-order valence-electron chi connectivity index (χ0n) is 18.1. The summed E-state index contributed by atoms with van der Waals surface area (Å²) < 4.78 is 55.9. The SMILES string of the molecule is C[C@H]1CN(C(=O)c2cc(-c3ccc(C#N)cc3)ncc2F)Cc2cnc(C(C)(O)C(F)(F)F)n21. The average molecular weight is 473 g/mol. The predicted octanol–water partition coefficient (Wildman–Crippen LogP) is 3.94. The van der Waals surface area contributed by atoms with Crippen LogP contribution in [0.4, 0.5) is 17.6 Å². The molecule has 0 saturated heterocycles. The molecule has 0 radical (unpaired) electrons. The Morgan fingerprint density at radius 3 is 2.50 bits per heavy atom. The molecule has 0 bridgehead atoms. The fourth-order valence-electron chi connectivity index (χ4n) is 3.95. The van der Waals surface area contributed by atoms with E-state index in [-0.39, 0.29) is 24.3 Å². The summed E-state index contributed by atoms with van der Waals surface area (Å²) >= 11 is 0. The zero-order valence-corrected chi connectivity index (χ0v) is 18.1. The van der Waals surface area contributed by atoms with Crippen molar-refractivity contribution >= 4 is 5.91 Å². The third kappa shape index (κ3) is 3.90. The van der Waals surface area contributed by atoms with Gasteiger partial charge in [-0.3, -0.25) is 9.78 Å². The van der Waals surface area contributed by atoms with E-state index in [0.717, 1.165) is 6.20 Å². The van der Waals surface area contributed by atoms with Gasteiger partial charge in [0.2, 0.25) is 5.60 Å². The summed E-state index contributed by atoms with van der Waals surface area (Å²) in [4.78, 5) is 22.3. The first-order valence-corrected chi connectivity index (χ1v) is 10.2. The number of nitriles is 1. The summed E-state index contributed by atoms with van der Waals surface area (Å²) in [5.41, 5.74) is -1.78. The van der Waals surface area contributed by atoms with E-state index in [1.807, 2.05) is 6.07 Å². The van der Waals surface area contributed by atoms with E-state index in [2.05, 4.69) is 9.97 Å². The van der Waals surface area contributed by atoms with Gasteiger partial charge < -0.3 is 14.6 Å². The van der Waals surface area contributed by atoms with Crippen LogP contribution in [-0.4, -0.2) is 43.2 Å². The molecule has 4 rings (SSSR count). The van der Waals surface area contributed by atoms with Crippen LogP contribution in [0.1, 0.15) is 47.3 Å². The number of aromatic nitrogens is 3. The van der Waals surface area contributed by atoms with Gasteiger partial charge in [-0.25, -0.2) is 9.37 Å². The molecule has 2 atom stereocenters. The van der Waals surface area contributed by atoms with Crippen molar-refractivity contribution in [2.45, 2.75) is 38.2 Å². The molecule has 1 aliphatic heterocycles. The zero-order chi connectivity index (χ0) is 24.8. The summed E-state index contributed by atoms with van der Waals surface area (Å²) in [6.45, 7) is 2.09. The number of pyridine rings is 1. The lowest BCUT2D eigenvalue weighted by Crippen LogP contribution is -2.45. The number of hydrogen-bond donors (Lipinski definition) is 1. The van der Waals surface area contributed by atoms with Crippen molar-refractivity contribution in [2.75, 3.05) is 6.54 Å². The predicted molar refractivity (Wildman–Crippen MR) is 112 cm³/mol. The maximum Gasteiger partial charge on any atom is 0.424 e. The number of benzene rings is 1. The highest BCUT2D eigenvalue weighted by Gasteiger charge is 2.55. The summed E-state index contributed by atoms with van der Waals surface area (Å²) in [6.07, 6.45) is -2.84. The molecule has 0 spiro atoms. The lowest BCUT2D eigenvalue weighted by Gasteiger charge is -2.36. The highest BCUT2D eigenvalue weighted by atomic mass is 19.4. The van der Waals surface area contributed by atoms with E-state index in [9.17, 15) is 27.5 Å². The molecule has 1 amide bonds. The second-order valence-electron chi connectivity index (χ2n) is 8.29. The van der Waals surface area contributed by atoms with E-state index in [0.29, 0.717) is 23.7 Å². The maximum absolute atomic E-state index is 14.6. The monoisotopic (exact) mass is 473 g/mol. The number of nitrogens with zero attached hydrogens (tertiary/aromatic N) is 5. The largest absolute Gasteiger partial charge is 0.424 e. The van der Waals surface area contributed by atoms with Crippen LogP contribution in [0.15, 0.2) is 42.7 Å². The van der Waals surface area contributed by atoms with Gasteiger partial charge in [-0.2, -0.15) is 18.4 Å². The lowest BCUT2D eigenvalue weighted by atomic mass is 10.0. The van der Waals surface area contributed by atoms with Crippen molar-refractivity contribution in [3.8, 4) is 17.3 Å². The minimum absolute atomic E-state index is 0.0168. The Kier molecular flexibility index (Phi) is 5.65. The number of carbonyl (C=O) groups excluding carboxylic acids is 1. The van der Waals surface area contributed by atoms with Crippen LogP contribution in [0.25, 0.3) is 11.3 Å². The van der Waals surface area contributed by atoms with Crippen LogP contribution in [0, 0.1) is 17.1 Å². The van der Waals surface area contributed by atoms with E-state index >= 15 is 0 Å². The van der Waals surface area contributed by atoms with Crippen molar-refractivity contribution in [3.05, 3.63) is 71.2 Å². The Hall–Kier alpha value is -3.78. The molecule has 34 heavy (non-hydrogen) atoms. The second kappa shape index (κ2) is 8.22. The van der Waals surface area contributed by atoms with Crippen LogP contribution in [0.5, 0.6) is 0 Å². The number of halogens is 4. The topological polar surface area (TPSA) is 95.0 Å². The minimum Gasteiger partial charge on any atom is -0.374 e. The molecule has 0 saturated carbocycles. The number of alkyl halides is 3. The van der Waals surface area contributed by atoms with E-state index in [4.69, 9.17) is 5.26 Å². The molecule has 7 nitrogen and oxygen atoms in total. The van der Waals surface area contributed by atoms with Crippen LogP contribution >= 0.6 is 0 Å². The fraction of sp³-hybridized carbons (Fsp3) is 0.304. The van der Waals surface area contributed by atoms with Crippen LogP contribution < -0.4 is 0 Å². The number of aliphatic hydroxyl groups is 1. The highest BCUT2D eigenvalue weighted by Crippen LogP contribution is 2.40. The van der Waals surface area contributed by atoms with Gasteiger partial charge in [0.15, 0.2) is 11.6 Å². The second-order valence-corrected chi connectivity index (χ2v) is 8.29. The molecule has 1 aromatic carbocycles. The molecule has 1 N–H and O–H groups in total. The standard InChI is InChI=1S/C23H19F4N5O2/c1-13-11-31(12-16-9-30-21(32(13)16)22(2,34)23(25,26)27)20(33)17-7-19(29-10-18(17)24)15-5-3-14(8-28)4-6-15/h3-7,9-10,13,34H,11-12H2,1-2H3/t13-,22?/m0/s1. The summed E-state index contributed by atoms with van der Waals surface area (Å²) in [6, 6.07) is 9.04. The van der Waals surface area contributed by atoms with Gasteiger partial charge in [0.1, 0.15) is 0 Å². The third-order valence-corrected chi connectivity index (χ3v) is 5.82. The van der Waals surface area contributed by atoms with Gasteiger partial charge in [-0.1, -0.05) is 12.1 Å². The quantitative estimate of drug-likeness (QED) is 0.582. The smallest absolute Gasteiger partial charge is 0.374 e. The third-order valence-electron chi connectivity index (χ3n) is 5.82. The molecule has 0 aliphatic carbocycles. The average Bonchev–Trinajstić information content (AvgIpc) is 3.24. The fourth-order valence-corrected chi connectivity index (χ4v) is 3.95. The first-order valence-electron chi connectivity index (χ1n) is 10.2. The molecule has 0 fully saturated rings. The van der Waals surface area contributed by atoms with E-state index < -0.39 is 35.4 Å². The summed E-state index contributed by atoms with van der Waals surface area (Å²) in [7, 11) is 0. The number of rotatable bonds is 3. The lowest BCUT2D eigenvalue weighted by molar-refractivity contribution is -0.263. The maximum atomic E-state index is 14.6. The van der Waals surface area contributed by atoms with E-state index in [1.165, 1.54) is 21.7 Å². The number of amides is 1. The van der Waals surface area contributed by atoms with Crippen molar-refractivity contribution in [3.63, 3.8) is 0 Å². The molecule has 3 aromatic rings. The van der Waals surface area contributed by atoms with Crippen LogP contribution in [-0.2, 0) is 12.1 Å². The molecular formula is C23H19F4N5O2. The normalized spacial score (nSPS) is 17.6. The van der Waals surface area contributed by atoms with Crippen LogP contribution in [0.3, 0.4) is 0 Å². The van der Waals surface area contributed by atoms with Crippen LogP contribution in [0.2, 0.25) is 0 Å². The van der Waals surface area contributed by atoms with Crippen molar-refractivity contribution in [1.82, 2.24) is 19.4 Å². The van der Waals surface area contributed by atoms with Crippen molar-refractivity contribution in [1.29, 1.82) is 5.26 Å². The van der Waals surface area contributed by atoms with Crippen molar-refractivity contribution < 1.29 is 27.5 Å². The number of fused-ring (bicyclic) bond motifs is 1. The highest BCUT2D eigenvalue weighted by molar-refractivity contribution is 5.95. The Balaban J connectivity index is 1.64.